The molecule has 5 rings (SSSR count). The van der Waals surface area contributed by atoms with Gasteiger partial charge in [0.25, 0.3) is 11.6 Å². The summed E-state index contributed by atoms with van der Waals surface area (Å²) in [6, 6.07) is 5.48. The molecule has 1 N–H and O–H groups in total. The maximum absolute atomic E-state index is 13.7. The first-order valence-electron chi connectivity index (χ1n) is 10.5. The molecule has 2 fully saturated rings. The molecule has 3 aromatic rings. The highest BCUT2D eigenvalue weighted by Gasteiger charge is 2.33. The van der Waals surface area contributed by atoms with Crippen LogP contribution >= 0.6 is 12.4 Å². The Kier molecular flexibility index (Phi) is 5.84. The molecular formula is C22H27ClN4O3. The van der Waals surface area contributed by atoms with Gasteiger partial charge in [0, 0.05) is 13.1 Å². The van der Waals surface area contributed by atoms with E-state index in [1.165, 1.54) is 0 Å². The van der Waals surface area contributed by atoms with E-state index in [0.717, 1.165) is 50.1 Å². The number of carbonyl (C=O) groups is 1. The van der Waals surface area contributed by atoms with Crippen LogP contribution in [0.1, 0.15) is 48.7 Å². The summed E-state index contributed by atoms with van der Waals surface area (Å²) in [5.41, 5.74) is 2.37. The zero-order valence-corrected chi connectivity index (χ0v) is 18.1. The predicted octanol–water partition coefficient (Wildman–Crippen LogP) is 4.10. The Morgan fingerprint density at radius 2 is 1.97 bits per heavy atom. The van der Waals surface area contributed by atoms with Crippen molar-refractivity contribution < 1.29 is 13.7 Å². The van der Waals surface area contributed by atoms with Crippen molar-refractivity contribution in [3.63, 3.8) is 0 Å². The van der Waals surface area contributed by atoms with Gasteiger partial charge >= 0.3 is 0 Å². The summed E-state index contributed by atoms with van der Waals surface area (Å²) >= 11 is 0. The Labute approximate surface area is 181 Å². The van der Waals surface area contributed by atoms with Crippen LogP contribution in [0.2, 0.25) is 0 Å². The smallest absolute Gasteiger partial charge is 0.259 e. The average Bonchev–Trinajstić information content (AvgIpc) is 3.45. The molecule has 7 nitrogen and oxygen atoms in total. The SMILES string of the molecule is CC(C)c1noc2nc(-c3ccco3)cc(C(=O)N3CC[C@@H]4CNC[C@@H]4CC3)c12.Cl. The van der Waals surface area contributed by atoms with E-state index < -0.39 is 0 Å². The molecule has 0 saturated carbocycles. The van der Waals surface area contributed by atoms with E-state index in [2.05, 4.69) is 15.5 Å². The average molecular weight is 431 g/mol. The second-order valence-corrected chi connectivity index (χ2v) is 8.48. The molecule has 0 aliphatic carbocycles. The van der Waals surface area contributed by atoms with Gasteiger partial charge in [-0.15, -0.1) is 12.4 Å². The lowest BCUT2D eigenvalue weighted by Crippen LogP contribution is -2.33. The van der Waals surface area contributed by atoms with Crippen LogP contribution < -0.4 is 5.32 Å². The molecule has 0 radical (unpaired) electrons. The molecule has 2 aliphatic heterocycles. The third kappa shape index (κ3) is 3.61. The summed E-state index contributed by atoms with van der Waals surface area (Å²) in [5, 5.41) is 8.44. The zero-order valence-electron chi connectivity index (χ0n) is 17.3. The molecule has 160 valence electrons. The fourth-order valence-electron chi connectivity index (χ4n) is 4.68. The van der Waals surface area contributed by atoms with Crippen LogP contribution in [0.4, 0.5) is 0 Å². The lowest BCUT2D eigenvalue weighted by molar-refractivity contribution is 0.0760. The van der Waals surface area contributed by atoms with Crippen molar-refractivity contribution in [1.29, 1.82) is 0 Å². The van der Waals surface area contributed by atoms with Crippen molar-refractivity contribution in [2.24, 2.45) is 11.8 Å². The van der Waals surface area contributed by atoms with Gasteiger partial charge in [-0.25, -0.2) is 4.98 Å². The van der Waals surface area contributed by atoms with Crippen LogP contribution in [-0.4, -0.2) is 47.1 Å². The van der Waals surface area contributed by atoms with Gasteiger partial charge in [0.05, 0.1) is 22.9 Å². The number of rotatable bonds is 3. The van der Waals surface area contributed by atoms with Gasteiger partial charge in [-0.05, 0) is 61.9 Å². The van der Waals surface area contributed by atoms with Gasteiger partial charge in [-0.2, -0.15) is 0 Å². The van der Waals surface area contributed by atoms with Crippen molar-refractivity contribution in [3.8, 4) is 11.5 Å². The van der Waals surface area contributed by atoms with Gasteiger partial charge in [-0.3, -0.25) is 4.79 Å². The minimum absolute atomic E-state index is 0. The van der Waals surface area contributed by atoms with Gasteiger partial charge in [0.15, 0.2) is 5.76 Å². The maximum Gasteiger partial charge on any atom is 0.259 e. The Morgan fingerprint density at radius 1 is 1.23 bits per heavy atom. The van der Waals surface area contributed by atoms with Gasteiger partial charge in [0.1, 0.15) is 5.69 Å². The largest absolute Gasteiger partial charge is 0.463 e. The fraction of sp³-hybridized carbons (Fsp3) is 0.500. The lowest BCUT2D eigenvalue weighted by Gasteiger charge is -2.21. The van der Waals surface area contributed by atoms with Gasteiger partial charge in [0.2, 0.25) is 0 Å². The number of hydrogen-bond donors (Lipinski definition) is 1. The number of nitrogens with one attached hydrogen (secondary N) is 1. The maximum atomic E-state index is 13.7. The molecule has 3 aromatic heterocycles. The van der Waals surface area contributed by atoms with E-state index in [1.54, 1.807) is 6.26 Å². The highest BCUT2D eigenvalue weighted by molar-refractivity contribution is 6.07. The molecule has 2 aliphatic rings. The summed E-state index contributed by atoms with van der Waals surface area (Å²) in [6.07, 6.45) is 3.69. The molecule has 30 heavy (non-hydrogen) atoms. The van der Waals surface area contributed by atoms with Crippen LogP contribution in [0.25, 0.3) is 22.6 Å². The number of nitrogens with zero attached hydrogens (tertiary/aromatic N) is 3. The summed E-state index contributed by atoms with van der Waals surface area (Å²) in [4.78, 5) is 20.2. The van der Waals surface area contributed by atoms with Crippen molar-refractivity contribution >= 4 is 29.4 Å². The van der Waals surface area contributed by atoms with E-state index >= 15 is 0 Å². The van der Waals surface area contributed by atoms with Crippen molar-refractivity contribution in [2.75, 3.05) is 26.2 Å². The third-order valence-electron chi connectivity index (χ3n) is 6.33. The first kappa shape index (κ1) is 20.9. The molecule has 0 aromatic carbocycles. The lowest BCUT2D eigenvalue weighted by atomic mass is 9.92. The molecule has 0 bridgehead atoms. The van der Waals surface area contributed by atoms with Crippen LogP contribution in [0, 0.1) is 11.8 Å². The Hall–Kier alpha value is -2.38. The van der Waals surface area contributed by atoms with Crippen LogP contribution in [0.5, 0.6) is 0 Å². The van der Waals surface area contributed by atoms with Crippen molar-refractivity contribution in [3.05, 3.63) is 35.7 Å². The zero-order chi connectivity index (χ0) is 20.0. The van der Waals surface area contributed by atoms with E-state index in [-0.39, 0.29) is 24.2 Å². The normalized spacial score (nSPS) is 21.5. The quantitative estimate of drug-likeness (QED) is 0.673. The highest BCUT2D eigenvalue weighted by Crippen LogP contribution is 2.33. The Bertz CT molecular complexity index is 1020. The van der Waals surface area contributed by atoms with Gasteiger partial charge < -0.3 is 19.2 Å². The standard InChI is InChI=1S/C22H26N4O3.ClH/c1-13(2)20-19-16(10-17(18-4-3-9-28-18)24-21(19)29-25-20)22(27)26-7-5-14-11-23-12-15(14)6-8-26;/h3-4,9-10,13-15,23H,5-8,11-12H2,1-2H3;1H/t14-,15+;. The summed E-state index contributed by atoms with van der Waals surface area (Å²) in [6.45, 7) is 7.79. The number of furan rings is 1. The topological polar surface area (TPSA) is 84.4 Å². The first-order valence-corrected chi connectivity index (χ1v) is 10.5. The first-order chi connectivity index (χ1) is 14.1. The molecule has 2 saturated heterocycles. The number of halogens is 1. The number of fused-ring (bicyclic) bond motifs is 2. The molecule has 2 atom stereocenters. The molecule has 5 heterocycles. The number of amides is 1. The van der Waals surface area contributed by atoms with Crippen LogP contribution in [-0.2, 0) is 0 Å². The fourth-order valence-corrected chi connectivity index (χ4v) is 4.68. The van der Waals surface area contributed by atoms with Crippen LogP contribution in [0.15, 0.2) is 33.4 Å². The highest BCUT2D eigenvalue weighted by atomic mass is 35.5. The Morgan fingerprint density at radius 3 is 2.60 bits per heavy atom. The third-order valence-corrected chi connectivity index (χ3v) is 6.33. The van der Waals surface area contributed by atoms with Gasteiger partial charge in [-0.1, -0.05) is 19.0 Å². The minimum Gasteiger partial charge on any atom is -0.463 e. The molecule has 0 unspecified atom stereocenters. The van der Waals surface area contributed by atoms with E-state index in [0.29, 0.717) is 34.6 Å². The number of carbonyl (C=O) groups excluding carboxylic acids is 1. The molecular weight excluding hydrogens is 404 g/mol. The summed E-state index contributed by atoms with van der Waals surface area (Å²) in [7, 11) is 0. The molecule has 0 spiro atoms. The monoisotopic (exact) mass is 430 g/mol. The minimum atomic E-state index is 0. The van der Waals surface area contributed by atoms with Crippen molar-refractivity contribution in [1.82, 2.24) is 20.4 Å². The summed E-state index contributed by atoms with van der Waals surface area (Å²) < 4.78 is 11.0. The Balaban J connectivity index is 0.00000218. The number of likely N-dealkylation sites (tertiary alicyclic amines) is 1. The van der Waals surface area contributed by atoms with E-state index in [4.69, 9.17) is 8.94 Å². The van der Waals surface area contributed by atoms with Crippen molar-refractivity contribution in [2.45, 2.75) is 32.6 Å². The van der Waals surface area contributed by atoms with Crippen LogP contribution in [0.3, 0.4) is 0 Å². The van der Waals surface area contributed by atoms with E-state index in [9.17, 15) is 4.79 Å². The second-order valence-electron chi connectivity index (χ2n) is 8.48. The second kappa shape index (κ2) is 8.40. The summed E-state index contributed by atoms with van der Waals surface area (Å²) in [5.74, 6) is 2.12. The number of hydrogen-bond acceptors (Lipinski definition) is 6. The van der Waals surface area contributed by atoms with E-state index in [1.807, 2.05) is 36.9 Å². The molecule has 8 heteroatoms. The predicted molar refractivity (Wildman–Crippen MR) is 116 cm³/mol. The number of pyridine rings is 1. The molecule has 1 amide bonds. The number of aromatic nitrogens is 2.